The number of aromatic nitrogens is 3. The summed E-state index contributed by atoms with van der Waals surface area (Å²) < 4.78 is 13.7. The van der Waals surface area contributed by atoms with Gasteiger partial charge in [0, 0.05) is 30.8 Å². The van der Waals surface area contributed by atoms with Crippen molar-refractivity contribution in [3.8, 4) is 17.1 Å². The second kappa shape index (κ2) is 9.78. The second-order valence-corrected chi connectivity index (χ2v) is 8.85. The van der Waals surface area contributed by atoms with Gasteiger partial charge in [-0.2, -0.15) is 0 Å². The van der Waals surface area contributed by atoms with Crippen molar-refractivity contribution in [3.05, 3.63) is 112 Å². The van der Waals surface area contributed by atoms with E-state index in [4.69, 9.17) is 9.15 Å². The van der Waals surface area contributed by atoms with Crippen molar-refractivity contribution in [3.63, 3.8) is 0 Å². The van der Waals surface area contributed by atoms with Gasteiger partial charge >= 0.3 is 0 Å². The number of fused-ring (bicyclic) bond motifs is 2. The standard InChI is InChI=1S/C29H22N4O5/c34-24-17-26(19-7-2-1-3-8-19)38-27-23(24)11-6-12-25(27)37-16-15-32-18-20(30-31-32)13-14-33-28(35)21-9-4-5-10-22(21)29(33)36/h1-12,17-18H,13-16H2. The number of hydrogen-bond acceptors (Lipinski definition) is 7. The zero-order chi connectivity index (χ0) is 26.1. The zero-order valence-corrected chi connectivity index (χ0v) is 20.2. The van der Waals surface area contributed by atoms with E-state index < -0.39 is 0 Å². The maximum absolute atomic E-state index is 12.7. The molecule has 0 aliphatic carbocycles. The van der Waals surface area contributed by atoms with Gasteiger partial charge in [-0.15, -0.1) is 5.10 Å². The van der Waals surface area contributed by atoms with Gasteiger partial charge in [-0.1, -0.05) is 53.7 Å². The molecule has 2 aromatic heterocycles. The molecule has 0 N–H and O–H groups in total. The van der Waals surface area contributed by atoms with E-state index in [9.17, 15) is 14.4 Å². The topological polar surface area (TPSA) is 108 Å². The molecule has 9 nitrogen and oxygen atoms in total. The fraction of sp³-hybridized carbons (Fsp3) is 0.138. The summed E-state index contributed by atoms with van der Waals surface area (Å²) in [6.07, 6.45) is 2.15. The van der Waals surface area contributed by atoms with Crippen LogP contribution in [0.1, 0.15) is 26.4 Å². The smallest absolute Gasteiger partial charge is 0.261 e. The van der Waals surface area contributed by atoms with Gasteiger partial charge in [0.15, 0.2) is 16.8 Å². The largest absolute Gasteiger partial charge is 0.488 e. The van der Waals surface area contributed by atoms with Crippen LogP contribution in [-0.2, 0) is 13.0 Å². The van der Waals surface area contributed by atoms with Crippen LogP contribution in [0.2, 0.25) is 0 Å². The Balaban J connectivity index is 1.10. The fourth-order valence-electron chi connectivity index (χ4n) is 4.49. The molecular formula is C29H22N4O5. The maximum atomic E-state index is 12.7. The lowest BCUT2D eigenvalue weighted by Crippen LogP contribution is -2.31. The summed E-state index contributed by atoms with van der Waals surface area (Å²) in [5.41, 5.74) is 2.56. The third-order valence-electron chi connectivity index (χ3n) is 6.41. The minimum absolute atomic E-state index is 0.144. The van der Waals surface area contributed by atoms with Crippen molar-refractivity contribution < 1.29 is 18.7 Å². The van der Waals surface area contributed by atoms with Gasteiger partial charge in [-0.25, -0.2) is 4.68 Å². The molecule has 0 saturated carbocycles. The number of benzene rings is 3. The van der Waals surface area contributed by atoms with Crippen LogP contribution in [-0.4, -0.2) is 44.9 Å². The average Bonchev–Trinajstić information content (AvgIpc) is 3.50. The van der Waals surface area contributed by atoms with Gasteiger partial charge in [0.05, 0.1) is 28.8 Å². The lowest BCUT2D eigenvalue weighted by molar-refractivity contribution is 0.0656. The van der Waals surface area contributed by atoms with Gasteiger partial charge in [0.2, 0.25) is 0 Å². The molecule has 0 spiro atoms. The van der Waals surface area contributed by atoms with Crippen LogP contribution in [0.4, 0.5) is 0 Å². The van der Waals surface area contributed by atoms with Crippen molar-refractivity contribution in [2.45, 2.75) is 13.0 Å². The van der Waals surface area contributed by atoms with Gasteiger partial charge in [0.25, 0.3) is 11.8 Å². The van der Waals surface area contributed by atoms with E-state index >= 15 is 0 Å². The molecule has 0 fully saturated rings. The fourth-order valence-corrected chi connectivity index (χ4v) is 4.49. The Labute approximate surface area is 216 Å². The highest BCUT2D eigenvalue weighted by molar-refractivity contribution is 6.21. The van der Waals surface area contributed by atoms with Gasteiger partial charge in [0.1, 0.15) is 12.4 Å². The normalized spacial score (nSPS) is 12.8. The molecule has 1 aliphatic rings. The van der Waals surface area contributed by atoms with Gasteiger partial charge < -0.3 is 9.15 Å². The van der Waals surface area contributed by atoms with Crippen LogP contribution >= 0.6 is 0 Å². The number of ether oxygens (including phenoxy) is 1. The molecule has 38 heavy (non-hydrogen) atoms. The summed E-state index contributed by atoms with van der Waals surface area (Å²) in [5.74, 6) is 0.355. The molecule has 6 rings (SSSR count). The molecule has 0 unspecified atom stereocenters. The Bertz CT molecular complexity index is 1690. The minimum atomic E-state index is -0.288. The number of para-hydroxylation sites is 1. The van der Waals surface area contributed by atoms with Crippen LogP contribution in [0.3, 0.4) is 0 Å². The number of imide groups is 1. The van der Waals surface area contributed by atoms with Crippen LogP contribution < -0.4 is 10.2 Å². The highest BCUT2D eigenvalue weighted by atomic mass is 16.5. The highest BCUT2D eigenvalue weighted by Gasteiger charge is 2.34. The first-order valence-corrected chi connectivity index (χ1v) is 12.2. The Morgan fingerprint density at radius 1 is 0.816 bits per heavy atom. The zero-order valence-electron chi connectivity index (χ0n) is 20.2. The first-order valence-electron chi connectivity index (χ1n) is 12.2. The van der Waals surface area contributed by atoms with E-state index in [1.54, 1.807) is 53.3 Å². The van der Waals surface area contributed by atoms with Crippen LogP contribution in [0.15, 0.2) is 94.3 Å². The summed E-state index contributed by atoms with van der Waals surface area (Å²) >= 11 is 0. The summed E-state index contributed by atoms with van der Waals surface area (Å²) in [6.45, 7) is 0.888. The molecular weight excluding hydrogens is 484 g/mol. The number of amides is 2. The predicted octanol–water partition coefficient (Wildman–Crippen LogP) is 3.97. The van der Waals surface area contributed by atoms with E-state index in [-0.39, 0.29) is 30.4 Å². The van der Waals surface area contributed by atoms with Crippen LogP contribution in [0.25, 0.3) is 22.3 Å². The van der Waals surface area contributed by atoms with E-state index in [2.05, 4.69) is 10.3 Å². The molecule has 2 amide bonds. The molecule has 0 bridgehead atoms. The molecule has 5 aromatic rings. The first kappa shape index (κ1) is 23.4. The number of rotatable bonds is 8. The van der Waals surface area contributed by atoms with E-state index in [0.717, 1.165) is 5.56 Å². The third kappa shape index (κ3) is 4.34. The highest BCUT2D eigenvalue weighted by Crippen LogP contribution is 2.28. The number of carbonyl (C=O) groups is 2. The maximum Gasteiger partial charge on any atom is 0.261 e. The predicted molar refractivity (Wildman–Crippen MR) is 139 cm³/mol. The number of nitrogens with zero attached hydrogens (tertiary/aromatic N) is 4. The van der Waals surface area contributed by atoms with E-state index in [1.165, 1.54) is 11.0 Å². The van der Waals surface area contributed by atoms with Gasteiger partial charge in [-0.3, -0.25) is 19.3 Å². The van der Waals surface area contributed by atoms with Gasteiger partial charge in [-0.05, 0) is 24.3 Å². The summed E-state index contributed by atoms with van der Waals surface area (Å²) in [4.78, 5) is 39.0. The summed E-state index contributed by atoms with van der Waals surface area (Å²) in [7, 11) is 0. The average molecular weight is 507 g/mol. The first-order chi connectivity index (χ1) is 18.6. The Morgan fingerprint density at radius 2 is 1.55 bits per heavy atom. The van der Waals surface area contributed by atoms with Crippen LogP contribution in [0, 0.1) is 0 Å². The molecule has 0 atom stereocenters. The number of hydrogen-bond donors (Lipinski definition) is 0. The molecule has 1 aliphatic heterocycles. The lowest BCUT2D eigenvalue weighted by Gasteiger charge is -2.12. The van der Waals surface area contributed by atoms with E-state index in [0.29, 0.717) is 52.3 Å². The molecule has 3 heterocycles. The molecule has 0 radical (unpaired) electrons. The van der Waals surface area contributed by atoms with Crippen LogP contribution in [0.5, 0.6) is 5.75 Å². The summed E-state index contributed by atoms with van der Waals surface area (Å²) in [5, 5.41) is 8.73. The molecule has 3 aromatic carbocycles. The van der Waals surface area contributed by atoms with Crippen molar-refractivity contribution in [1.82, 2.24) is 19.9 Å². The second-order valence-electron chi connectivity index (χ2n) is 8.85. The van der Waals surface area contributed by atoms with Crippen molar-refractivity contribution >= 4 is 22.8 Å². The van der Waals surface area contributed by atoms with Crippen molar-refractivity contribution in [2.24, 2.45) is 0 Å². The van der Waals surface area contributed by atoms with Crippen molar-refractivity contribution in [1.29, 1.82) is 0 Å². The minimum Gasteiger partial charge on any atom is -0.488 e. The SMILES string of the molecule is O=C1c2ccccc2C(=O)N1CCc1cn(CCOc2cccc3c(=O)cc(-c4ccccc4)oc23)nn1. The monoisotopic (exact) mass is 506 g/mol. The Kier molecular flexibility index (Phi) is 6.01. The quantitative estimate of drug-likeness (QED) is 0.293. The Morgan fingerprint density at radius 3 is 2.32 bits per heavy atom. The summed E-state index contributed by atoms with van der Waals surface area (Å²) in [6, 6.07) is 22.9. The van der Waals surface area contributed by atoms with E-state index in [1.807, 2.05) is 30.3 Å². The molecule has 188 valence electrons. The molecule has 9 heteroatoms. The third-order valence-corrected chi connectivity index (χ3v) is 6.41. The lowest BCUT2D eigenvalue weighted by atomic mass is 10.1. The Hall–Kier alpha value is -5.05. The number of carbonyl (C=O) groups excluding carboxylic acids is 2. The van der Waals surface area contributed by atoms with Crippen molar-refractivity contribution in [2.75, 3.05) is 13.2 Å². The molecule has 0 saturated heterocycles.